The fraction of sp³-hybridized carbons (Fsp3) is 0.611. The van der Waals surface area contributed by atoms with Gasteiger partial charge in [0.1, 0.15) is 35.9 Å². The summed E-state index contributed by atoms with van der Waals surface area (Å²) in [5, 5.41) is 48.6. The number of hydrogen-bond donors (Lipinski definition) is 5. The number of carbonyl (C=O) groups excluding carboxylic acids is 1. The molecule has 5 N–H and O–H groups in total. The third kappa shape index (κ3) is 5.53. The maximum Gasteiger partial charge on any atom is 0.310 e. The third-order valence-corrected chi connectivity index (χ3v) is 4.23. The zero-order chi connectivity index (χ0) is 20.0. The minimum absolute atomic E-state index is 0.0903. The Balaban J connectivity index is 2.12. The highest BCUT2D eigenvalue weighted by molar-refractivity contribution is 5.73. The topological polar surface area (TPSA) is 146 Å². The zero-order valence-electron chi connectivity index (χ0n) is 15.0. The van der Waals surface area contributed by atoms with Gasteiger partial charge in [-0.2, -0.15) is 0 Å². The second-order valence-corrected chi connectivity index (χ2v) is 6.36. The van der Waals surface area contributed by atoms with Gasteiger partial charge >= 0.3 is 5.97 Å². The summed E-state index contributed by atoms with van der Waals surface area (Å²) < 4.78 is 15.9. The van der Waals surface area contributed by atoms with E-state index in [0.29, 0.717) is 5.56 Å². The molecule has 0 spiro atoms. The number of benzene rings is 1. The molecule has 9 nitrogen and oxygen atoms in total. The Morgan fingerprint density at radius 1 is 1.19 bits per heavy atom. The van der Waals surface area contributed by atoms with Crippen LogP contribution in [0.5, 0.6) is 11.5 Å². The molecule has 1 fully saturated rings. The third-order valence-electron chi connectivity index (χ3n) is 4.23. The highest BCUT2D eigenvalue weighted by Gasteiger charge is 2.44. The van der Waals surface area contributed by atoms with Gasteiger partial charge in [-0.1, -0.05) is 13.3 Å². The quantitative estimate of drug-likeness (QED) is 0.293. The van der Waals surface area contributed by atoms with Crippen molar-refractivity contribution in [1.29, 1.82) is 0 Å². The van der Waals surface area contributed by atoms with Crippen LogP contribution in [0.1, 0.15) is 25.3 Å². The van der Waals surface area contributed by atoms with Crippen LogP contribution >= 0.6 is 0 Å². The summed E-state index contributed by atoms with van der Waals surface area (Å²) in [6, 6.07) is 4.02. The van der Waals surface area contributed by atoms with Gasteiger partial charge in [-0.3, -0.25) is 4.79 Å². The summed E-state index contributed by atoms with van der Waals surface area (Å²) in [5.41, 5.74) is 0.299. The molecule has 1 saturated heterocycles. The van der Waals surface area contributed by atoms with Crippen molar-refractivity contribution in [3.8, 4) is 11.5 Å². The maximum atomic E-state index is 12.0. The summed E-state index contributed by atoms with van der Waals surface area (Å²) in [6.07, 6.45) is -5.73. The van der Waals surface area contributed by atoms with Crippen molar-refractivity contribution in [3.63, 3.8) is 0 Å². The molecule has 1 aromatic carbocycles. The molecule has 1 aromatic rings. The lowest BCUT2D eigenvalue weighted by molar-refractivity contribution is -0.277. The predicted molar refractivity (Wildman–Crippen MR) is 92.1 cm³/mol. The van der Waals surface area contributed by atoms with Crippen LogP contribution in [0.4, 0.5) is 0 Å². The molecular weight excluding hydrogens is 360 g/mol. The molecule has 0 amide bonds. The molecule has 1 heterocycles. The van der Waals surface area contributed by atoms with Gasteiger partial charge < -0.3 is 39.7 Å². The van der Waals surface area contributed by atoms with Gasteiger partial charge in [-0.05, 0) is 24.6 Å². The summed E-state index contributed by atoms with van der Waals surface area (Å²) in [7, 11) is 0. The minimum atomic E-state index is -1.58. The fourth-order valence-electron chi connectivity index (χ4n) is 2.65. The lowest BCUT2D eigenvalue weighted by atomic mass is 9.99. The molecule has 1 aliphatic heterocycles. The molecule has 0 saturated carbocycles. The number of unbranched alkanes of at least 4 members (excludes halogenated alkanes) is 1. The SMILES string of the molecule is CCCCOC(=O)Cc1cc(O)ccc1OC1OC(CO)C(O)C(O)C1O. The van der Waals surface area contributed by atoms with Crippen molar-refractivity contribution >= 4 is 5.97 Å². The predicted octanol–water partition coefficient (Wildman–Crippen LogP) is -0.543. The standard InChI is InChI=1S/C18H26O9/c1-2-3-6-25-14(21)8-10-7-11(20)4-5-12(10)26-18-17(24)16(23)15(22)13(9-19)27-18/h4-5,7,13,15-20,22-24H,2-3,6,8-9H2,1H3. The molecule has 9 heteroatoms. The Kier molecular flexibility index (Phi) is 7.81. The number of esters is 1. The first-order chi connectivity index (χ1) is 12.9. The molecule has 0 bridgehead atoms. The number of phenolic OH excluding ortho intramolecular Hbond substituents is 1. The van der Waals surface area contributed by atoms with E-state index in [9.17, 15) is 30.3 Å². The van der Waals surface area contributed by atoms with Crippen LogP contribution < -0.4 is 4.74 Å². The van der Waals surface area contributed by atoms with Crippen LogP contribution in [0.3, 0.4) is 0 Å². The number of phenols is 1. The number of hydrogen-bond acceptors (Lipinski definition) is 9. The lowest BCUT2D eigenvalue weighted by Gasteiger charge is -2.39. The first kappa shape index (κ1) is 21.4. The zero-order valence-corrected chi connectivity index (χ0v) is 15.0. The Bertz CT molecular complexity index is 619. The average molecular weight is 386 g/mol. The van der Waals surface area contributed by atoms with Crippen LogP contribution in [0.25, 0.3) is 0 Å². The number of aromatic hydroxyl groups is 1. The highest BCUT2D eigenvalue weighted by Crippen LogP contribution is 2.29. The van der Waals surface area contributed by atoms with Gasteiger partial charge in [-0.25, -0.2) is 0 Å². The summed E-state index contributed by atoms with van der Waals surface area (Å²) in [6.45, 7) is 1.67. The number of aliphatic hydroxyl groups excluding tert-OH is 4. The molecule has 1 aliphatic rings. The molecule has 5 unspecified atom stereocenters. The maximum absolute atomic E-state index is 12.0. The number of rotatable bonds is 8. The van der Waals surface area contributed by atoms with E-state index < -0.39 is 43.3 Å². The smallest absolute Gasteiger partial charge is 0.310 e. The number of aliphatic hydroxyl groups is 4. The van der Waals surface area contributed by atoms with Crippen molar-refractivity contribution in [3.05, 3.63) is 23.8 Å². The molecule has 152 valence electrons. The molecule has 2 rings (SSSR count). The van der Waals surface area contributed by atoms with Crippen LogP contribution in [0, 0.1) is 0 Å². The molecule has 5 atom stereocenters. The van der Waals surface area contributed by atoms with Crippen molar-refractivity contribution in [2.45, 2.75) is 56.9 Å². The van der Waals surface area contributed by atoms with E-state index in [0.717, 1.165) is 12.8 Å². The van der Waals surface area contributed by atoms with E-state index >= 15 is 0 Å². The van der Waals surface area contributed by atoms with E-state index in [2.05, 4.69) is 0 Å². The van der Waals surface area contributed by atoms with Crippen molar-refractivity contribution < 1.29 is 44.5 Å². The summed E-state index contributed by atoms with van der Waals surface area (Å²) >= 11 is 0. The Morgan fingerprint density at radius 2 is 1.93 bits per heavy atom. The van der Waals surface area contributed by atoms with E-state index in [1.54, 1.807) is 0 Å². The Labute approximate surface area is 156 Å². The molecule has 27 heavy (non-hydrogen) atoms. The van der Waals surface area contributed by atoms with Gasteiger partial charge in [0.05, 0.1) is 19.6 Å². The van der Waals surface area contributed by atoms with Gasteiger partial charge in [0, 0.05) is 5.56 Å². The van der Waals surface area contributed by atoms with Crippen molar-refractivity contribution in [1.82, 2.24) is 0 Å². The molecular formula is C18H26O9. The highest BCUT2D eigenvalue weighted by atomic mass is 16.7. The number of carbonyl (C=O) groups is 1. The number of ether oxygens (including phenoxy) is 3. The van der Waals surface area contributed by atoms with E-state index in [4.69, 9.17) is 14.2 Å². The Morgan fingerprint density at radius 3 is 2.59 bits per heavy atom. The lowest BCUT2D eigenvalue weighted by Crippen LogP contribution is -2.60. The largest absolute Gasteiger partial charge is 0.508 e. The Hall–Kier alpha value is -1.91. The van der Waals surface area contributed by atoms with Crippen LogP contribution in [0.2, 0.25) is 0 Å². The van der Waals surface area contributed by atoms with Crippen LogP contribution in [0.15, 0.2) is 18.2 Å². The monoisotopic (exact) mass is 386 g/mol. The van der Waals surface area contributed by atoms with Crippen LogP contribution in [-0.4, -0.2) is 75.4 Å². The van der Waals surface area contributed by atoms with Gasteiger partial charge in [0.15, 0.2) is 0 Å². The van der Waals surface area contributed by atoms with E-state index in [-0.39, 0.29) is 24.5 Å². The second-order valence-electron chi connectivity index (χ2n) is 6.36. The van der Waals surface area contributed by atoms with Gasteiger partial charge in [0.2, 0.25) is 6.29 Å². The van der Waals surface area contributed by atoms with Gasteiger partial charge in [0.25, 0.3) is 0 Å². The first-order valence-corrected chi connectivity index (χ1v) is 8.82. The first-order valence-electron chi connectivity index (χ1n) is 8.82. The average Bonchev–Trinajstić information content (AvgIpc) is 2.64. The fourth-order valence-corrected chi connectivity index (χ4v) is 2.65. The van der Waals surface area contributed by atoms with Crippen molar-refractivity contribution in [2.75, 3.05) is 13.2 Å². The van der Waals surface area contributed by atoms with Crippen molar-refractivity contribution in [2.24, 2.45) is 0 Å². The van der Waals surface area contributed by atoms with E-state index in [1.807, 2.05) is 6.92 Å². The summed E-state index contributed by atoms with van der Waals surface area (Å²) in [5.74, 6) is -0.468. The van der Waals surface area contributed by atoms with E-state index in [1.165, 1.54) is 18.2 Å². The molecule has 0 aliphatic carbocycles. The normalized spacial score (nSPS) is 28.0. The second kappa shape index (κ2) is 9.86. The minimum Gasteiger partial charge on any atom is -0.508 e. The summed E-state index contributed by atoms with van der Waals surface area (Å²) in [4.78, 5) is 12.0. The molecule has 0 aromatic heterocycles. The van der Waals surface area contributed by atoms with Gasteiger partial charge in [-0.15, -0.1) is 0 Å². The molecule has 0 radical (unpaired) electrons. The van der Waals surface area contributed by atoms with Crippen LogP contribution in [-0.2, 0) is 20.7 Å².